The lowest BCUT2D eigenvalue weighted by molar-refractivity contribution is 0.669. The Hall–Kier alpha value is -8.66. The highest BCUT2D eigenvalue weighted by molar-refractivity contribution is 6.20. The van der Waals surface area contributed by atoms with Crippen LogP contribution in [0.25, 0.3) is 87.7 Å². The van der Waals surface area contributed by atoms with E-state index in [1.165, 1.54) is 44.2 Å². The van der Waals surface area contributed by atoms with Crippen molar-refractivity contribution >= 4 is 82.5 Å². The number of rotatable bonds is 6. The first-order valence-electron chi connectivity index (χ1n) is 22.7. The molecule has 0 aliphatic heterocycles. The first kappa shape index (κ1) is 36.8. The van der Waals surface area contributed by atoms with Gasteiger partial charge in [0.05, 0.1) is 22.2 Å². The fourth-order valence-electron chi connectivity index (χ4n) is 11.2. The number of para-hydroxylation sites is 1. The first-order valence-corrected chi connectivity index (χ1v) is 22.7. The van der Waals surface area contributed by atoms with E-state index in [-0.39, 0.29) is 0 Å². The van der Waals surface area contributed by atoms with Crippen LogP contribution >= 0.6 is 0 Å². The zero-order valence-electron chi connectivity index (χ0n) is 35.8. The molecular weight excluding hydrogens is 803 g/mol. The summed E-state index contributed by atoms with van der Waals surface area (Å²) < 4.78 is 13.4. The molecule has 0 N–H and O–H groups in total. The second-order valence-electron chi connectivity index (χ2n) is 17.5. The van der Waals surface area contributed by atoms with Crippen LogP contribution in [0.15, 0.2) is 245 Å². The van der Waals surface area contributed by atoms with E-state index in [9.17, 15) is 0 Å². The van der Waals surface area contributed by atoms with Crippen molar-refractivity contribution in [2.75, 3.05) is 4.90 Å². The van der Waals surface area contributed by atoms with Crippen molar-refractivity contribution < 1.29 is 8.83 Å². The molecule has 3 nitrogen and oxygen atoms in total. The molecule has 14 rings (SSSR count). The monoisotopic (exact) mass is 841 g/mol. The first-order chi connectivity index (χ1) is 32.7. The molecule has 1 aliphatic carbocycles. The summed E-state index contributed by atoms with van der Waals surface area (Å²) in [4.78, 5) is 2.47. The molecule has 0 saturated heterocycles. The predicted molar refractivity (Wildman–Crippen MR) is 273 cm³/mol. The van der Waals surface area contributed by atoms with Gasteiger partial charge in [0.1, 0.15) is 22.3 Å². The Morgan fingerprint density at radius 1 is 0.333 bits per heavy atom. The van der Waals surface area contributed by atoms with E-state index in [0.717, 1.165) is 82.8 Å². The van der Waals surface area contributed by atoms with Gasteiger partial charge in [0.2, 0.25) is 0 Å². The average molecular weight is 842 g/mol. The fraction of sp³-hybridized carbons (Fsp3) is 0.0159. The normalized spacial score (nSPS) is 13.0. The van der Waals surface area contributed by atoms with Gasteiger partial charge in [-0.2, -0.15) is 0 Å². The summed E-state index contributed by atoms with van der Waals surface area (Å²) in [6, 6.07) is 86.0. The van der Waals surface area contributed by atoms with Crippen LogP contribution in [-0.2, 0) is 5.41 Å². The zero-order chi connectivity index (χ0) is 43.3. The van der Waals surface area contributed by atoms with Crippen LogP contribution in [0.2, 0.25) is 0 Å². The summed E-state index contributed by atoms with van der Waals surface area (Å²) >= 11 is 0. The van der Waals surface area contributed by atoms with Crippen LogP contribution in [0.4, 0.5) is 17.1 Å². The van der Waals surface area contributed by atoms with E-state index in [4.69, 9.17) is 8.83 Å². The molecule has 66 heavy (non-hydrogen) atoms. The number of furan rings is 2. The summed E-state index contributed by atoms with van der Waals surface area (Å²) in [6.45, 7) is 0. The summed E-state index contributed by atoms with van der Waals surface area (Å²) in [5.41, 5.74) is 15.8. The molecule has 0 radical (unpaired) electrons. The average Bonchev–Trinajstić information content (AvgIpc) is 4.04. The van der Waals surface area contributed by atoms with Crippen molar-refractivity contribution in [1.82, 2.24) is 0 Å². The lowest BCUT2D eigenvalue weighted by Crippen LogP contribution is -2.28. The maximum Gasteiger partial charge on any atom is 0.143 e. The van der Waals surface area contributed by atoms with Gasteiger partial charge in [-0.3, -0.25) is 0 Å². The summed E-state index contributed by atoms with van der Waals surface area (Å²) in [5, 5.41) is 8.96. The van der Waals surface area contributed by atoms with Crippen LogP contribution < -0.4 is 4.90 Å². The Morgan fingerprint density at radius 3 is 1.80 bits per heavy atom. The highest BCUT2D eigenvalue weighted by Crippen LogP contribution is 2.58. The molecule has 0 fully saturated rings. The number of anilines is 3. The van der Waals surface area contributed by atoms with Crippen molar-refractivity contribution in [3.05, 3.63) is 259 Å². The zero-order valence-corrected chi connectivity index (χ0v) is 35.8. The van der Waals surface area contributed by atoms with Crippen LogP contribution in [0, 0.1) is 0 Å². The molecule has 1 aliphatic rings. The van der Waals surface area contributed by atoms with Crippen molar-refractivity contribution in [2.45, 2.75) is 5.41 Å². The van der Waals surface area contributed by atoms with E-state index < -0.39 is 5.41 Å². The lowest BCUT2D eigenvalue weighted by atomic mass is 9.67. The van der Waals surface area contributed by atoms with Gasteiger partial charge in [0.25, 0.3) is 0 Å². The molecule has 2 heterocycles. The van der Waals surface area contributed by atoms with Crippen LogP contribution in [-0.4, -0.2) is 0 Å². The number of hydrogen-bond donors (Lipinski definition) is 0. The van der Waals surface area contributed by atoms with E-state index in [1.54, 1.807) is 0 Å². The van der Waals surface area contributed by atoms with Gasteiger partial charge >= 0.3 is 0 Å². The van der Waals surface area contributed by atoms with Crippen LogP contribution in [0.5, 0.6) is 0 Å². The third kappa shape index (κ3) is 5.26. The highest BCUT2D eigenvalue weighted by Gasteiger charge is 2.46. The minimum absolute atomic E-state index is 0.569. The van der Waals surface area contributed by atoms with Gasteiger partial charge in [-0.25, -0.2) is 0 Å². The van der Waals surface area contributed by atoms with Crippen molar-refractivity contribution in [3.8, 4) is 22.3 Å². The topological polar surface area (TPSA) is 29.5 Å². The van der Waals surface area contributed by atoms with Gasteiger partial charge < -0.3 is 13.7 Å². The third-order valence-electron chi connectivity index (χ3n) is 14.1. The molecule has 3 heteroatoms. The van der Waals surface area contributed by atoms with E-state index in [1.807, 2.05) is 0 Å². The van der Waals surface area contributed by atoms with Gasteiger partial charge in [-0.05, 0) is 116 Å². The third-order valence-corrected chi connectivity index (χ3v) is 14.1. The Kier molecular flexibility index (Phi) is 7.90. The number of nitrogens with zero attached hydrogens (tertiary/aromatic N) is 1. The quantitative estimate of drug-likeness (QED) is 0.167. The smallest absolute Gasteiger partial charge is 0.143 e. The predicted octanol–water partition coefficient (Wildman–Crippen LogP) is 17.3. The molecule has 308 valence electrons. The Bertz CT molecular complexity index is 4030. The van der Waals surface area contributed by atoms with Gasteiger partial charge in [0.15, 0.2) is 0 Å². The molecule has 0 spiro atoms. The Labute approximate surface area is 381 Å². The number of fused-ring (bicyclic) bond motifs is 12. The largest absolute Gasteiger partial charge is 0.456 e. The van der Waals surface area contributed by atoms with E-state index >= 15 is 0 Å². The molecule has 11 aromatic carbocycles. The Balaban J connectivity index is 1.06. The molecule has 0 saturated carbocycles. The highest BCUT2D eigenvalue weighted by atomic mass is 16.3. The molecule has 2 aromatic heterocycles. The maximum atomic E-state index is 6.88. The summed E-state index contributed by atoms with van der Waals surface area (Å²) in [6.07, 6.45) is 0. The van der Waals surface area contributed by atoms with E-state index in [2.05, 4.69) is 241 Å². The SMILES string of the molecule is c1ccc(C2(c3ccccc3)c3ccccc3-c3ccc(N(c4ccccc4-c4ccc5oc6cc7ccccc7cc6c5c4)c4cccc5oc6c7ccccc7ccc6c45)cc32)cc1. The van der Waals surface area contributed by atoms with E-state index in [0.29, 0.717) is 0 Å². The standard InChI is InChI=1S/C63H39NO2/c1-3-19-44(20-4-1)63(45-21-5-2-6-22-45)54-26-13-11-25-49(54)50-34-32-46(39-55(50)63)64(57-28-15-29-59-61(57)51-33-30-40-16-9-10-24-48(40)62(51)66-59)56-27-14-12-23-47(56)43-31-35-58-52(37-43)53-36-41-17-7-8-18-42(41)38-60(53)65-58/h1-39H. The molecule has 0 amide bonds. The van der Waals surface area contributed by atoms with Gasteiger partial charge in [0, 0.05) is 32.8 Å². The lowest BCUT2D eigenvalue weighted by Gasteiger charge is -2.35. The molecule has 0 atom stereocenters. The van der Waals surface area contributed by atoms with Crippen LogP contribution in [0.1, 0.15) is 22.3 Å². The van der Waals surface area contributed by atoms with Gasteiger partial charge in [-0.1, -0.05) is 176 Å². The maximum absolute atomic E-state index is 6.88. The minimum Gasteiger partial charge on any atom is -0.456 e. The van der Waals surface area contributed by atoms with Gasteiger partial charge in [-0.15, -0.1) is 0 Å². The molecule has 0 unspecified atom stereocenters. The second-order valence-corrected chi connectivity index (χ2v) is 17.5. The Morgan fingerprint density at radius 2 is 0.985 bits per heavy atom. The summed E-state index contributed by atoms with van der Waals surface area (Å²) in [7, 11) is 0. The van der Waals surface area contributed by atoms with Crippen molar-refractivity contribution in [1.29, 1.82) is 0 Å². The minimum atomic E-state index is -0.569. The molecule has 13 aromatic rings. The number of benzene rings is 11. The van der Waals surface area contributed by atoms with Crippen LogP contribution in [0.3, 0.4) is 0 Å². The van der Waals surface area contributed by atoms with Crippen molar-refractivity contribution in [3.63, 3.8) is 0 Å². The second kappa shape index (κ2) is 14.2. The number of hydrogen-bond acceptors (Lipinski definition) is 3. The van der Waals surface area contributed by atoms with Crippen molar-refractivity contribution in [2.24, 2.45) is 0 Å². The molecular formula is C63H39NO2. The summed E-state index contributed by atoms with van der Waals surface area (Å²) in [5.74, 6) is 0. The fourth-order valence-corrected chi connectivity index (χ4v) is 11.2. The molecule has 0 bridgehead atoms.